The molecule has 2 nitrogen and oxygen atoms in total. The Morgan fingerprint density at radius 2 is 0.852 bits per heavy atom. The van der Waals surface area contributed by atoms with E-state index in [4.69, 9.17) is 0 Å². The van der Waals surface area contributed by atoms with Crippen LogP contribution in [0.1, 0.15) is 0 Å². The number of thiophene rings is 1. The minimum absolute atomic E-state index is 1.08. The number of benzene rings is 10. The van der Waals surface area contributed by atoms with E-state index < -0.39 is 0 Å². The molecule has 0 aliphatic carbocycles. The predicted octanol–water partition coefficient (Wildman–Crippen LogP) is 16.8. The maximum atomic E-state index is 2.41. The summed E-state index contributed by atoms with van der Waals surface area (Å²) in [6.45, 7) is 0. The number of hydrogen-bond donors (Lipinski definition) is 0. The van der Waals surface area contributed by atoms with Crippen LogP contribution in [0.15, 0.2) is 231 Å². The number of aromatic nitrogens is 1. The van der Waals surface area contributed by atoms with Gasteiger partial charge in [-0.2, -0.15) is 0 Å². The molecule has 3 heteroatoms. The smallest absolute Gasteiger partial charge is 0.0541 e. The lowest BCUT2D eigenvalue weighted by atomic mass is 9.91. The van der Waals surface area contributed by atoms with Crippen molar-refractivity contribution >= 4 is 81.1 Å². The molecule has 0 amide bonds. The van der Waals surface area contributed by atoms with Crippen LogP contribution in [0.2, 0.25) is 0 Å². The molecule has 2 aromatic heterocycles. The van der Waals surface area contributed by atoms with Crippen LogP contribution in [0, 0.1) is 0 Å². The summed E-state index contributed by atoms with van der Waals surface area (Å²) >= 11 is 1.86. The summed E-state index contributed by atoms with van der Waals surface area (Å²) in [5.74, 6) is 0. The standard InChI is InChI=1S/C58H38N2S/c1-2-15-39(16-3-1)47-26-11-17-41-18-12-27-48(57(41)47)40-33-35-43(36-34-40)59(44-20-10-19-42(37-44)49-28-14-32-56-58(49)52-25-6-9-31-55(52)61-56)45-21-13-22-46(38-45)60-53-29-7-4-23-50(53)51-24-5-8-30-54(51)60/h1-38H. The van der Waals surface area contributed by atoms with Gasteiger partial charge in [-0.05, 0) is 111 Å². The van der Waals surface area contributed by atoms with Crippen molar-refractivity contribution in [1.82, 2.24) is 4.57 Å². The van der Waals surface area contributed by atoms with Crippen molar-refractivity contribution in [2.75, 3.05) is 4.90 Å². The topological polar surface area (TPSA) is 8.17 Å². The molecule has 12 aromatic rings. The maximum absolute atomic E-state index is 2.41. The van der Waals surface area contributed by atoms with Gasteiger partial charge in [0, 0.05) is 53.7 Å². The Morgan fingerprint density at radius 3 is 1.57 bits per heavy atom. The van der Waals surface area contributed by atoms with Crippen molar-refractivity contribution in [3.8, 4) is 39.1 Å². The van der Waals surface area contributed by atoms with Gasteiger partial charge in [0.25, 0.3) is 0 Å². The maximum Gasteiger partial charge on any atom is 0.0541 e. The van der Waals surface area contributed by atoms with Crippen molar-refractivity contribution in [2.45, 2.75) is 0 Å². The third kappa shape index (κ3) is 5.93. The lowest BCUT2D eigenvalue weighted by Crippen LogP contribution is -2.10. The van der Waals surface area contributed by atoms with Crippen LogP contribution < -0.4 is 4.90 Å². The molecule has 0 saturated carbocycles. The normalized spacial score (nSPS) is 11.6. The van der Waals surface area contributed by atoms with Crippen LogP contribution in [-0.2, 0) is 0 Å². The molecule has 0 aliphatic heterocycles. The van der Waals surface area contributed by atoms with Crippen LogP contribution in [0.4, 0.5) is 17.1 Å². The Kier molecular flexibility index (Phi) is 8.39. The van der Waals surface area contributed by atoms with Crippen molar-refractivity contribution in [3.63, 3.8) is 0 Å². The molecule has 0 unspecified atom stereocenters. The van der Waals surface area contributed by atoms with E-state index >= 15 is 0 Å². The van der Waals surface area contributed by atoms with Crippen molar-refractivity contribution in [1.29, 1.82) is 0 Å². The molecular weight excluding hydrogens is 757 g/mol. The summed E-state index contributed by atoms with van der Waals surface area (Å²) in [5, 5.41) is 7.62. The summed E-state index contributed by atoms with van der Waals surface area (Å²) in [6, 6.07) is 84.2. The molecule has 0 saturated heterocycles. The fraction of sp³-hybridized carbons (Fsp3) is 0. The summed E-state index contributed by atoms with van der Waals surface area (Å²) < 4.78 is 5.02. The van der Waals surface area contributed by atoms with E-state index in [9.17, 15) is 0 Å². The minimum atomic E-state index is 1.08. The summed E-state index contributed by atoms with van der Waals surface area (Å²) in [6.07, 6.45) is 0. The molecule has 0 atom stereocenters. The molecule has 0 N–H and O–H groups in total. The van der Waals surface area contributed by atoms with Gasteiger partial charge in [-0.1, -0.05) is 164 Å². The van der Waals surface area contributed by atoms with Gasteiger partial charge in [0.2, 0.25) is 0 Å². The van der Waals surface area contributed by atoms with Gasteiger partial charge >= 0.3 is 0 Å². The lowest BCUT2D eigenvalue weighted by Gasteiger charge is -2.27. The number of para-hydroxylation sites is 2. The monoisotopic (exact) mass is 794 g/mol. The van der Waals surface area contributed by atoms with Crippen LogP contribution in [0.3, 0.4) is 0 Å². The Morgan fingerprint density at radius 1 is 0.328 bits per heavy atom. The van der Waals surface area contributed by atoms with E-state index in [1.54, 1.807) is 0 Å². The van der Waals surface area contributed by atoms with E-state index in [1.165, 1.54) is 86.1 Å². The zero-order valence-corrected chi connectivity index (χ0v) is 34.1. The highest BCUT2D eigenvalue weighted by Crippen LogP contribution is 2.44. The second kappa shape index (κ2) is 14.5. The molecule has 0 radical (unpaired) electrons. The third-order valence-electron chi connectivity index (χ3n) is 12.2. The molecule has 61 heavy (non-hydrogen) atoms. The molecule has 0 spiro atoms. The molecule has 0 aliphatic rings. The average molecular weight is 795 g/mol. The second-order valence-electron chi connectivity index (χ2n) is 15.7. The average Bonchev–Trinajstić information content (AvgIpc) is 3.88. The fourth-order valence-corrected chi connectivity index (χ4v) is 10.6. The van der Waals surface area contributed by atoms with Crippen molar-refractivity contribution in [3.05, 3.63) is 231 Å². The second-order valence-corrected chi connectivity index (χ2v) is 16.8. The molecule has 2 heterocycles. The van der Waals surface area contributed by atoms with Gasteiger partial charge in [-0.15, -0.1) is 11.3 Å². The Bertz CT molecular complexity index is 3540. The summed E-state index contributed by atoms with van der Waals surface area (Å²) in [5.41, 5.74) is 14.1. The molecule has 286 valence electrons. The van der Waals surface area contributed by atoms with Crippen LogP contribution >= 0.6 is 11.3 Å². The first-order valence-electron chi connectivity index (χ1n) is 20.8. The van der Waals surface area contributed by atoms with Crippen LogP contribution in [0.5, 0.6) is 0 Å². The van der Waals surface area contributed by atoms with Gasteiger partial charge in [0.1, 0.15) is 0 Å². The summed E-state index contributed by atoms with van der Waals surface area (Å²) in [4.78, 5) is 2.41. The quantitative estimate of drug-likeness (QED) is 0.156. The Balaban J connectivity index is 1.04. The highest BCUT2D eigenvalue weighted by Gasteiger charge is 2.19. The highest BCUT2D eigenvalue weighted by atomic mass is 32.1. The van der Waals surface area contributed by atoms with Crippen LogP contribution in [0.25, 0.3) is 91.8 Å². The van der Waals surface area contributed by atoms with E-state index in [1.807, 2.05) is 11.3 Å². The van der Waals surface area contributed by atoms with E-state index in [0.29, 0.717) is 0 Å². The number of hydrogen-bond acceptors (Lipinski definition) is 2. The first-order chi connectivity index (χ1) is 30.3. The van der Waals surface area contributed by atoms with E-state index in [0.717, 1.165) is 22.7 Å². The SMILES string of the molecule is c1ccc(-c2cccc3cccc(-c4ccc(N(c5cccc(-c6cccc7sc8ccccc8c67)c5)c5cccc(-n6c7ccccc7c7ccccc76)c5)cc4)c23)cc1. The van der Waals surface area contributed by atoms with Gasteiger partial charge in [-0.25, -0.2) is 0 Å². The number of nitrogens with zero attached hydrogens (tertiary/aromatic N) is 2. The van der Waals surface area contributed by atoms with Gasteiger partial charge < -0.3 is 9.47 Å². The van der Waals surface area contributed by atoms with E-state index in [-0.39, 0.29) is 0 Å². The molecule has 0 bridgehead atoms. The predicted molar refractivity (Wildman–Crippen MR) is 262 cm³/mol. The molecular formula is C58H38N2S. The largest absolute Gasteiger partial charge is 0.310 e. The number of rotatable bonds is 7. The minimum Gasteiger partial charge on any atom is -0.310 e. The first-order valence-corrected chi connectivity index (χ1v) is 21.7. The third-order valence-corrected chi connectivity index (χ3v) is 13.3. The number of fused-ring (bicyclic) bond motifs is 7. The zero-order chi connectivity index (χ0) is 40.3. The summed E-state index contributed by atoms with van der Waals surface area (Å²) in [7, 11) is 0. The van der Waals surface area contributed by atoms with Crippen LogP contribution in [-0.4, -0.2) is 4.57 Å². The molecule has 10 aromatic carbocycles. The highest BCUT2D eigenvalue weighted by molar-refractivity contribution is 7.25. The zero-order valence-electron chi connectivity index (χ0n) is 33.2. The molecule has 0 fully saturated rings. The number of anilines is 3. The fourth-order valence-electron chi connectivity index (χ4n) is 9.48. The van der Waals surface area contributed by atoms with Crippen molar-refractivity contribution < 1.29 is 0 Å². The molecule has 12 rings (SSSR count). The Labute approximate surface area is 358 Å². The Hall–Kier alpha value is -7.72. The van der Waals surface area contributed by atoms with Gasteiger partial charge in [0.05, 0.1) is 11.0 Å². The van der Waals surface area contributed by atoms with Gasteiger partial charge in [-0.3, -0.25) is 0 Å². The van der Waals surface area contributed by atoms with Crippen molar-refractivity contribution in [2.24, 2.45) is 0 Å². The first kappa shape index (κ1) is 35.2. The van der Waals surface area contributed by atoms with E-state index in [2.05, 4.69) is 240 Å². The van der Waals surface area contributed by atoms with Gasteiger partial charge in [0.15, 0.2) is 0 Å². The lowest BCUT2D eigenvalue weighted by molar-refractivity contribution is 1.17.